The van der Waals surface area contributed by atoms with E-state index >= 15 is 0 Å². The van der Waals surface area contributed by atoms with Crippen molar-refractivity contribution in [2.45, 2.75) is 39.5 Å². The lowest BCUT2D eigenvalue weighted by molar-refractivity contribution is -0.149. The number of fused-ring (bicyclic) bond motifs is 2. The Hall–Kier alpha value is -3.57. The van der Waals surface area contributed by atoms with Crippen molar-refractivity contribution < 1.29 is 9.53 Å². The Morgan fingerprint density at radius 1 is 1.11 bits per heavy atom. The van der Waals surface area contributed by atoms with Gasteiger partial charge in [-0.2, -0.15) is 10.5 Å². The van der Waals surface area contributed by atoms with Crippen LogP contribution in [-0.4, -0.2) is 26.2 Å². The Morgan fingerprint density at radius 3 is 2.49 bits per heavy atom. The Labute approximate surface area is 208 Å². The Bertz CT molecular complexity index is 1160. The first-order valence-corrected chi connectivity index (χ1v) is 12.4. The lowest BCUT2D eigenvalue weighted by Crippen LogP contribution is -2.27. The van der Waals surface area contributed by atoms with Crippen LogP contribution in [0.3, 0.4) is 0 Å². The zero-order chi connectivity index (χ0) is 25.0. The van der Waals surface area contributed by atoms with Gasteiger partial charge in [0, 0.05) is 12.7 Å². The largest absolute Gasteiger partial charge is 0.464 e. The number of nitriles is 2. The highest BCUT2D eigenvalue weighted by atomic mass is 16.5. The zero-order valence-corrected chi connectivity index (χ0v) is 20.8. The number of benzene rings is 1. The van der Waals surface area contributed by atoms with Crippen molar-refractivity contribution in [3.8, 4) is 12.1 Å². The number of esters is 1. The molecule has 180 valence electrons. The minimum Gasteiger partial charge on any atom is -0.464 e. The molecular weight excluding hydrogens is 434 g/mol. The van der Waals surface area contributed by atoms with E-state index in [-0.39, 0.29) is 22.9 Å². The number of carbonyl (C=O) groups is 1. The van der Waals surface area contributed by atoms with Gasteiger partial charge in [0.25, 0.3) is 0 Å². The van der Waals surface area contributed by atoms with Crippen LogP contribution in [-0.2, 0) is 9.53 Å². The van der Waals surface area contributed by atoms with E-state index in [1.54, 1.807) is 0 Å². The van der Waals surface area contributed by atoms with Gasteiger partial charge >= 0.3 is 5.97 Å². The number of nitrogens with zero attached hydrogens (tertiary/aromatic N) is 3. The molecule has 5 nitrogen and oxygen atoms in total. The molecule has 0 N–H and O–H groups in total. The summed E-state index contributed by atoms with van der Waals surface area (Å²) in [5.41, 5.74) is 4.29. The molecule has 1 saturated carbocycles. The van der Waals surface area contributed by atoms with Crippen molar-refractivity contribution >= 4 is 17.7 Å². The second kappa shape index (κ2) is 10.4. The Balaban J connectivity index is 1.31. The third kappa shape index (κ3) is 5.92. The molecule has 3 aliphatic rings. The molecule has 1 aromatic rings. The average Bonchev–Trinajstić information content (AvgIpc) is 3.47. The number of hydrogen-bond donors (Lipinski definition) is 0. The van der Waals surface area contributed by atoms with Gasteiger partial charge in [-0.15, -0.1) is 0 Å². The summed E-state index contributed by atoms with van der Waals surface area (Å²) in [7, 11) is 2.00. The van der Waals surface area contributed by atoms with E-state index in [1.165, 1.54) is 0 Å². The van der Waals surface area contributed by atoms with Crippen molar-refractivity contribution in [3.63, 3.8) is 0 Å². The summed E-state index contributed by atoms with van der Waals surface area (Å²) in [5.74, 6) is 0.943. The monoisotopic (exact) mass is 467 g/mol. The van der Waals surface area contributed by atoms with Crippen LogP contribution in [0.5, 0.6) is 0 Å². The van der Waals surface area contributed by atoms with Crippen LogP contribution in [0.2, 0.25) is 0 Å². The third-order valence-corrected chi connectivity index (χ3v) is 7.33. The summed E-state index contributed by atoms with van der Waals surface area (Å²) in [6.07, 6.45) is 14.2. The maximum Gasteiger partial charge on any atom is 0.309 e. The molecule has 0 spiro atoms. The molecule has 0 aromatic heterocycles. The molecule has 1 fully saturated rings. The van der Waals surface area contributed by atoms with Crippen LogP contribution in [0, 0.1) is 45.8 Å². The van der Waals surface area contributed by atoms with Gasteiger partial charge in [0.2, 0.25) is 0 Å². The Morgan fingerprint density at radius 2 is 1.86 bits per heavy atom. The first-order valence-electron chi connectivity index (χ1n) is 12.4. The van der Waals surface area contributed by atoms with Gasteiger partial charge in [-0.05, 0) is 71.8 Å². The number of allylic oxidation sites excluding steroid dienone is 7. The Kier molecular flexibility index (Phi) is 7.27. The van der Waals surface area contributed by atoms with Gasteiger partial charge in [-0.25, -0.2) is 0 Å². The second-order valence-corrected chi connectivity index (χ2v) is 10.8. The van der Waals surface area contributed by atoms with Crippen LogP contribution in [0.15, 0.2) is 65.3 Å². The van der Waals surface area contributed by atoms with E-state index in [0.717, 1.165) is 48.1 Å². The highest BCUT2D eigenvalue weighted by Crippen LogP contribution is 2.44. The van der Waals surface area contributed by atoms with E-state index in [9.17, 15) is 15.3 Å². The van der Waals surface area contributed by atoms with E-state index in [2.05, 4.69) is 67.3 Å². The van der Waals surface area contributed by atoms with Crippen LogP contribution in [0.25, 0.3) is 6.08 Å². The fraction of sp³-hybridized carbons (Fsp3) is 0.433. The lowest BCUT2D eigenvalue weighted by atomic mass is 9.74. The molecule has 0 heterocycles. The summed E-state index contributed by atoms with van der Waals surface area (Å²) in [5, 5.41) is 18.5. The second-order valence-electron chi connectivity index (χ2n) is 10.8. The molecule has 3 unspecified atom stereocenters. The first kappa shape index (κ1) is 24.6. The van der Waals surface area contributed by atoms with Gasteiger partial charge in [0.05, 0.1) is 12.5 Å². The molecule has 1 aromatic carbocycles. The van der Waals surface area contributed by atoms with Crippen molar-refractivity contribution in [2.75, 3.05) is 25.1 Å². The molecule has 0 aliphatic heterocycles. The van der Waals surface area contributed by atoms with E-state index in [4.69, 9.17) is 4.74 Å². The molecule has 3 atom stereocenters. The normalized spacial score (nSPS) is 24.1. The predicted octanol–water partition coefficient (Wildman–Crippen LogP) is 5.98. The van der Waals surface area contributed by atoms with Gasteiger partial charge in [-0.3, -0.25) is 4.79 Å². The lowest BCUT2D eigenvalue weighted by Gasteiger charge is -2.30. The van der Waals surface area contributed by atoms with Crippen molar-refractivity contribution in [2.24, 2.45) is 23.2 Å². The maximum atomic E-state index is 12.4. The summed E-state index contributed by atoms with van der Waals surface area (Å²) in [4.78, 5) is 14.5. The highest BCUT2D eigenvalue weighted by Gasteiger charge is 2.40. The molecule has 0 saturated heterocycles. The number of likely N-dealkylation sites (N-methyl/N-ethyl adjacent to an activating group) is 1. The SMILES string of the molecule is CN(CCOC(=O)C1CC2C=CC1C2)c1ccc(/C=C/C2=CC(=C(C#N)C#N)CC(C)(C)C2)cc1. The molecule has 5 heteroatoms. The van der Waals surface area contributed by atoms with E-state index in [0.29, 0.717) is 25.0 Å². The predicted molar refractivity (Wildman–Crippen MR) is 138 cm³/mol. The summed E-state index contributed by atoms with van der Waals surface area (Å²) in [6, 6.07) is 12.3. The van der Waals surface area contributed by atoms with Gasteiger partial charge in [0.1, 0.15) is 24.3 Å². The molecule has 0 amide bonds. The minimum absolute atomic E-state index is 0.00673. The first-order chi connectivity index (χ1) is 16.8. The quantitative estimate of drug-likeness (QED) is 0.280. The molecule has 3 aliphatic carbocycles. The zero-order valence-electron chi connectivity index (χ0n) is 20.8. The van der Waals surface area contributed by atoms with E-state index in [1.807, 2.05) is 25.3 Å². The molecular formula is C30H33N3O2. The molecule has 2 bridgehead atoms. The molecule has 4 rings (SSSR count). The smallest absolute Gasteiger partial charge is 0.309 e. The number of anilines is 1. The summed E-state index contributed by atoms with van der Waals surface area (Å²) >= 11 is 0. The minimum atomic E-state index is -0.0504. The maximum absolute atomic E-state index is 12.4. The van der Waals surface area contributed by atoms with Crippen LogP contribution < -0.4 is 4.90 Å². The standard InChI is InChI=1S/C30H33N3O2/c1-30(2)17-23(15-25(18-30)26(19-31)20-32)5-4-21-7-10-27(11-8-21)33(3)12-13-35-29(34)28-16-22-6-9-24(28)14-22/h4-11,15,22,24,28H,12-14,16-18H2,1-3H3/b5-4+. The summed E-state index contributed by atoms with van der Waals surface area (Å²) < 4.78 is 5.58. The molecule has 35 heavy (non-hydrogen) atoms. The topological polar surface area (TPSA) is 77.1 Å². The van der Waals surface area contributed by atoms with Crippen LogP contribution in [0.4, 0.5) is 5.69 Å². The van der Waals surface area contributed by atoms with Gasteiger partial charge in [0.15, 0.2) is 0 Å². The number of hydrogen-bond acceptors (Lipinski definition) is 5. The fourth-order valence-electron chi connectivity index (χ4n) is 5.51. The number of carbonyl (C=O) groups excluding carboxylic acids is 1. The molecule has 0 radical (unpaired) electrons. The third-order valence-electron chi connectivity index (χ3n) is 7.33. The summed E-state index contributed by atoms with van der Waals surface area (Å²) in [6.45, 7) is 5.37. The van der Waals surface area contributed by atoms with Crippen molar-refractivity contribution in [1.29, 1.82) is 10.5 Å². The average molecular weight is 468 g/mol. The van der Waals surface area contributed by atoms with Gasteiger partial charge in [-0.1, -0.05) is 56.4 Å². The van der Waals surface area contributed by atoms with Crippen LogP contribution in [0.1, 0.15) is 45.1 Å². The van der Waals surface area contributed by atoms with Crippen molar-refractivity contribution in [3.05, 3.63) is 70.9 Å². The number of rotatable bonds is 7. The highest BCUT2D eigenvalue weighted by molar-refractivity contribution is 5.74. The van der Waals surface area contributed by atoms with E-state index < -0.39 is 0 Å². The van der Waals surface area contributed by atoms with Crippen molar-refractivity contribution in [1.82, 2.24) is 0 Å². The van der Waals surface area contributed by atoms with Crippen LogP contribution >= 0.6 is 0 Å². The van der Waals surface area contributed by atoms with Gasteiger partial charge < -0.3 is 9.64 Å². The number of ether oxygens (including phenoxy) is 1. The fourth-order valence-corrected chi connectivity index (χ4v) is 5.51.